The van der Waals surface area contributed by atoms with Gasteiger partial charge in [-0.2, -0.15) is 0 Å². The number of benzene rings is 9. The van der Waals surface area contributed by atoms with Gasteiger partial charge in [0, 0.05) is 56.0 Å². The highest BCUT2D eigenvalue weighted by molar-refractivity contribution is 6.29. The Morgan fingerprint density at radius 1 is 0.345 bits per heavy atom. The van der Waals surface area contributed by atoms with Gasteiger partial charge in [0.1, 0.15) is 0 Å². The van der Waals surface area contributed by atoms with E-state index >= 15 is 0 Å². The van der Waals surface area contributed by atoms with Crippen molar-refractivity contribution in [3.05, 3.63) is 187 Å². The summed E-state index contributed by atoms with van der Waals surface area (Å²) in [5, 5.41) is 7.60. The highest BCUT2D eigenvalue weighted by Gasteiger charge is 2.28. The summed E-state index contributed by atoms with van der Waals surface area (Å²) in [5.41, 5.74) is 13.9. The molecule has 266 valence electrons. The molecule has 0 N–H and O–H groups in total. The summed E-state index contributed by atoms with van der Waals surface area (Å²) in [6.45, 7) is 11.4. The fourth-order valence-corrected chi connectivity index (χ4v) is 8.69. The van der Waals surface area contributed by atoms with Crippen LogP contribution in [0.5, 0.6) is 0 Å². The fraction of sp³-hybridized carbons (Fsp3) is 0.115. The molecule has 3 heteroatoms. The minimum atomic E-state index is 0.0292. The zero-order chi connectivity index (χ0) is 37.4. The zero-order valence-corrected chi connectivity index (χ0v) is 32.0. The van der Waals surface area contributed by atoms with Gasteiger partial charge in [-0.1, -0.05) is 124 Å². The van der Waals surface area contributed by atoms with Crippen LogP contribution < -0.4 is 14.7 Å². The number of fused-ring (bicyclic) bond motifs is 8. The van der Waals surface area contributed by atoms with Crippen molar-refractivity contribution in [2.45, 2.75) is 40.0 Å². The van der Waals surface area contributed by atoms with Gasteiger partial charge in [-0.05, 0) is 119 Å². The maximum absolute atomic E-state index is 2.49. The molecule has 1 aliphatic rings. The molecule has 0 saturated heterocycles. The second kappa shape index (κ2) is 12.5. The summed E-state index contributed by atoms with van der Waals surface area (Å²) >= 11 is 0. The number of nitrogens with zero attached hydrogens (tertiary/aromatic N) is 3. The summed E-state index contributed by atoms with van der Waals surface area (Å²) in [4.78, 5) is 7.36. The van der Waals surface area contributed by atoms with Crippen molar-refractivity contribution in [3.8, 4) is 0 Å². The molecule has 1 aliphatic heterocycles. The quantitative estimate of drug-likeness (QED) is 0.169. The molecule has 3 nitrogen and oxygen atoms in total. The molecular weight excluding hydrogens is 667 g/mol. The molecule has 0 atom stereocenters. The average Bonchev–Trinajstić information content (AvgIpc) is 3.19. The smallest absolute Gasteiger partial charge is 0.0561 e. The summed E-state index contributed by atoms with van der Waals surface area (Å²) in [7, 11) is 0. The lowest BCUT2D eigenvalue weighted by Gasteiger charge is -2.35. The van der Waals surface area contributed by atoms with Crippen LogP contribution in [-0.2, 0) is 5.41 Å². The van der Waals surface area contributed by atoms with Gasteiger partial charge in [0.15, 0.2) is 0 Å². The monoisotopic (exact) mass is 709 g/mol. The van der Waals surface area contributed by atoms with Crippen molar-refractivity contribution in [1.82, 2.24) is 0 Å². The Kier molecular flexibility index (Phi) is 7.50. The third-order valence-electron chi connectivity index (χ3n) is 11.4. The molecule has 9 aromatic rings. The van der Waals surface area contributed by atoms with Crippen LogP contribution >= 0.6 is 0 Å². The molecule has 0 saturated carbocycles. The third kappa shape index (κ3) is 5.33. The first-order valence-corrected chi connectivity index (χ1v) is 19.3. The van der Waals surface area contributed by atoms with Crippen LogP contribution in [0.3, 0.4) is 0 Å². The molecule has 0 radical (unpaired) electrons. The second-order valence-electron chi connectivity index (χ2n) is 16.0. The maximum Gasteiger partial charge on any atom is 0.0561 e. The number of rotatable bonds is 3. The summed E-state index contributed by atoms with van der Waals surface area (Å²) in [6.07, 6.45) is 0. The minimum Gasteiger partial charge on any atom is -0.310 e. The molecule has 0 fully saturated rings. The first kappa shape index (κ1) is 33.0. The molecule has 9 aromatic carbocycles. The highest BCUT2D eigenvalue weighted by atomic mass is 15.2. The van der Waals surface area contributed by atoms with Crippen LogP contribution in [0, 0.1) is 13.8 Å². The lowest BCUT2D eigenvalue weighted by atomic mass is 9.83. The number of aryl methyl sites for hydroxylation is 2. The van der Waals surface area contributed by atoms with E-state index in [1.807, 2.05) is 0 Å². The normalized spacial score (nSPS) is 13.1. The molecule has 1 heterocycles. The van der Waals surface area contributed by atoms with Crippen molar-refractivity contribution in [3.63, 3.8) is 0 Å². The number of anilines is 9. The number of hydrogen-bond donors (Lipinski definition) is 0. The maximum atomic E-state index is 2.49. The topological polar surface area (TPSA) is 9.72 Å². The van der Waals surface area contributed by atoms with E-state index in [0.29, 0.717) is 0 Å². The number of hydrogen-bond acceptors (Lipinski definition) is 3. The van der Waals surface area contributed by atoms with E-state index in [9.17, 15) is 0 Å². The van der Waals surface area contributed by atoms with E-state index in [-0.39, 0.29) is 5.41 Å². The number of para-hydroxylation sites is 3. The lowest BCUT2D eigenvalue weighted by molar-refractivity contribution is 0.591. The third-order valence-corrected chi connectivity index (χ3v) is 11.4. The van der Waals surface area contributed by atoms with Gasteiger partial charge < -0.3 is 14.7 Å². The fourth-order valence-electron chi connectivity index (χ4n) is 8.69. The van der Waals surface area contributed by atoms with Crippen molar-refractivity contribution in [2.75, 3.05) is 14.7 Å². The average molecular weight is 710 g/mol. The van der Waals surface area contributed by atoms with Crippen molar-refractivity contribution >= 4 is 83.5 Å². The van der Waals surface area contributed by atoms with Gasteiger partial charge >= 0.3 is 0 Å². The van der Waals surface area contributed by atoms with Crippen molar-refractivity contribution in [1.29, 1.82) is 0 Å². The molecule has 55 heavy (non-hydrogen) atoms. The molecule has 0 aliphatic carbocycles. The molecule has 0 unspecified atom stereocenters. The van der Waals surface area contributed by atoms with Gasteiger partial charge in [0.2, 0.25) is 0 Å². The SMILES string of the molecule is Cc1ccccc1N1c2cccc(c2)N(c2ccccc2)c2cccc(c2)N(c2ccccc2C)c2cc1c1ccc3cc(C(C)(C)C)cc4ccc2c1c34. The Morgan fingerprint density at radius 2 is 0.782 bits per heavy atom. The van der Waals surface area contributed by atoms with Crippen LogP contribution in [0.15, 0.2) is 170 Å². The molecule has 0 amide bonds. The molecule has 0 spiro atoms. The standard InChI is InChI=1S/C52H43N3/c1-34-15-9-11-23-46(34)54-42-21-13-19-40(31-42)53(39-17-7-6-8-18-39)41-20-14-22-43(32-41)55(47-24-12-10-16-35(47)2)49-33-48(54)44-27-25-36-29-38(52(3,4)5)30-37-26-28-45(49)51(44)50(36)37/h6-33H,1-5H3. The highest BCUT2D eigenvalue weighted by Crippen LogP contribution is 2.52. The Balaban J connectivity index is 1.41. The van der Waals surface area contributed by atoms with Gasteiger partial charge in [-0.3, -0.25) is 0 Å². The van der Waals surface area contributed by atoms with Crippen LogP contribution in [0.1, 0.15) is 37.5 Å². The Morgan fingerprint density at radius 3 is 1.25 bits per heavy atom. The van der Waals surface area contributed by atoms with Crippen LogP contribution in [0.4, 0.5) is 51.2 Å². The van der Waals surface area contributed by atoms with Crippen LogP contribution in [0.25, 0.3) is 32.3 Å². The van der Waals surface area contributed by atoms with E-state index in [1.54, 1.807) is 0 Å². The van der Waals surface area contributed by atoms with E-state index in [2.05, 4.69) is 219 Å². The van der Waals surface area contributed by atoms with Gasteiger partial charge in [0.05, 0.1) is 11.4 Å². The lowest BCUT2D eigenvalue weighted by Crippen LogP contribution is -2.18. The zero-order valence-electron chi connectivity index (χ0n) is 32.0. The predicted molar refractivity (Wildman–Crippen MR) is 236 cm³/mol. The van der Waals surface area contributed by atoms with E-state index in [0.717, 1.165) is 51.2 Å². The second-order valence-corrected chi connectivity index (χ2v) is 16.0. The van der Waals surface area contributed by atoms with Gasteiger partial charge in [-0.25, -0.2) is 0 Å². The van der Waals surface area contributed by atoms with Crippen molar-refractivity contribution < 1.29 is 0 Å². The van der Waals surface area contributed by atoms with Gasteiger partial charge in [-0.15, -0.1) is 0 Å². The summed E-state index contributed by atoms with van der Waals surface area (Å²) in [5.74, 6) is 0. The minimum absolute atomic E-state index is 0.0292. The van der Waals surface area contributed by atoms with E-state index in [1.165, 1.54) is 49.0 Å². The van der Waals surface area contributed by atoms with Crippen LogP contribution in [0.2, 0.25) is 0 Å². The summed E-state index contributed by atoms with van der Waals surface area (Å²) < 4.78 is 0. The molecule has 6 bridgehead atoms. The predicted octanol–water partition coefficient (Wildman–Crippen LogP) is 15.2. The van der Waals surface area contributed by atoms with E-state index in [4.69, 9.17) is 0 Å². The first-order valence-electron chi connectivity index (χ1n) is 19.3. The first-order chi connectivity index (χ1) is 26.7. The Hall–Kier alpha value is -6.58. The Bertz CT molecular complexity index is 2740. The molecule has 0 aromatic heterocycles. The largest absolute Gasteiger partial charge is 0.310 e. The molecular formula is C52H43N3. The Labute approximate surface area is 323 Å². The van der Waals surface area contributed by atoms with Gasteiger partial charge in [0.25, 0.3) is 0 Å². The van der Waals surface area contributed by atoms with Crippen molar-refractivity contribution in [2.24, 2.45) is 0 Å². The summed E-state index contributed by atoms with van der Waals surface area (Å²) in [6, 6.07) is 63.0. The van der Waals surface area contributed by atoms with Crippen LogP contribution in [-0.4, -0.2) is 0 Å². The molecule has 10 rings (SSSR count). The van der Waals surface area contributed by atoms with E-state index < -0.39 is 0 Å².